The Bertz CT molecular complexity index is 1090. The second kappa shape index (κ2) is 8.65. The van der Waals surface area contributed by atoms with Gasteiger partial charge in [0, 0.05) is 12.2 Å². The van der Waals surface area contributed by atoms with Crippen LogP contribution in [0.25, 0.3) is 0 Å². The van der Waals surface area contributed by atoms with Crippen LogP contribution in [0.1, 0.15) is 0 Å². The summed E-state index contributed by atoms with van der Waals surface area (Å²) in [7, 11) is -9.36. The topological polar surface area (TPSA) is 236 Å². The first kappa shape index (κ1) is 23.3. The summed E-state index contributed by atoms with van der Waals surface area (Å²) in [6.45, 7) is 4.01. The van der Waals surface area contributed by atoms with Crippen molar-refractivity contribution >= 4 is 32.0 Å². The van der Waals surface area contributed by atoms with Crippen LogP contribution < -0.4 is 43.0 Å². The number of urea groups is 1. The van der Waals surface area contributed by atoms with Crippen molar-refractivity contribution < 1.29 is 30.7 Å². The van der Waals surface area contributed by atoms with E-state index in [1.807, 2.05) is 0 Å². The first-order chi connectivity index (χ1) is 14.3. The second-order valence-electron chi connectivity index (χ2n) is 6.68. The van der Waals surface area contributed by atoms with Crippen molar-refractivity contribution in [3.05, 3.63) is 30.5 Å². The molecule has 2 aliphatic rings. The van der Waals surface area contributed by atoms with Gasteiger partial charge in [0.15, 0.2) is 0 Å². The van der Waals surface area contributed by atoms with Crippen molar-refractivity contribution in [1.82, 2.24) is 31.9 Å². The minimum absolute atomic E-state index is 0.245. The molecule has 0 spiro atoms. The normalized spacial score (nSPS) is 27.3. The van der Waals surface area contributed by atoms with E-state index in [4.69, 9.17) is 5.73 Å². The van der Waals surface area contributed by atoms with Gasteiger partial charge in [0.1, 0.15) is 23.8 Å². The molecule has 2 heterocycles. The lowest BCUT2D eigenvalue weighted by atomic mass is 10.2. The molecule has 0 aromatic heterocycles. The molecule has 11 N–H and O–H groups in total. The van der Waals surface area contributed by atoms with Crippen LogP contribution in [0.5, 0.6) is 0 Å². The fraction of sp³-hybridized carbons (Fsp3) is 0.357. The number of amides is 2. The standard InChI is InChI=1S/C14H22N8O7S2/c1-6-9(5-16-14(23)17-6)19-13-21-11(15)20-12(22-13)18-8-4-7(30(24,25)26)2-3-10(8)31(27,28)29/h2-4,9,11-13,18-22H,1,5,15H2,(H2,16,17,23)(H,24,25,26)(H,27,28,29). The van der Waals surface area contributed by atoms with Crippen LogP contribution in [0.4, 0.5) is 10.5 Å². The quantitative estimate of drug-likeness (QED) is 0.183. The van der Waals surface area contributed by atoms with Crippen LogP contribution >= 0.6 is 0 Å². The molecule has 1 aromatic carbocycles. The molecule has 1 aromatic rings. The first-order valence-electron chi connectivity index (χ1n) is 8.72. The molecule has 0 saturated carbocycles. The third-order valence-electron chi connectivity index (χ3n) is 4.38. The van der Waals surface area contributed by atoms with Crippen molar-refractivity contribution in [2.75, 3.05) is 11.9 Å². The van der Waals surface area contributed by atoms with E-state index in [2.05, 4.69) is 43.8 Å². The maximum atomic E-state index is 11.7. The molecule has 0 radical (unpaired) electrons. The van der Waals surface area contributed by atoms with Crippen LogP contribution in [0.2, 0.25) is 0 Å². The lowest BCUT2D eigenvalue weighted by Gasteiger charge is -2.40. The highest BCUT2D eigenvalue weighted by atomic mass is 32.2. The molecule has 17 heteroatoms. The predicted octanol–water partition coefficient (Wildman–Crippen LogP) is -3.03. The van der Waals surface area contributed by atoms with E-state index in [9.17, 15) is 30.7 Å². The summed E-state index contributed by atoms with van der Waals surface area (Å²) in [5.41, 5.74) is 6.00. The highest BCUT2D eigenvalue weighted by Gasteiger charge is 2.30. The summed E-state index contributed by atoms with van der Waals surface area (Å²) in [6, 6.07) is 1.74. The summed E-state index contributed by atoms with van der Waals surface area (Å²) in [4.78, 5) is 10.1. The number of hydrogen-bond acceptors (Lipinski definition) is 11. The Kier molecular flexibility index (Phi) is 6.51. The third-order valence-corrected chi connectivity index (χ3v) is 6.14. The summed E-state index contributed by atoms with van der Waals surface area (Å²) in [5.74, 6) is 0. The molecule has 2 aliphatic heterocycles. The van der Waals surface area contributed by atoms with Gasteiger partial charge in [0.25, 0.3) is 20.2 Å². The van der Waals surface area contributed by atoms with Gasteiger partial charge >= 0.3 is 6.03 Å². The van der Waals surface area contributed by atoms with E-state index in [0.717, 1.165) is 18.2 Å². The number of hydrogen-bond donors (Lipinski definition) is 10. The predicted molar refractivity (Wildman–Crippen MR) is 107 cm³/mol. The number of carbonyl (C=O) groups is 1. The second-order valence-corrected chi connectivity index (χ2v) is 9.49. The molecule has 3 rings (SSSR count). The van der Waals surface area contributed by atoms with Gasteiger partial charge in [0.2, 0.25) is 0 Å². The maximum Gasteiger partial charge on any atom is 0.319 e. The molecule has 0 bridgehead atoms. The Balaban J connectivity index is 1.80. The molecule has 172 valence electrons. The molecular formula is C14H22N8O7S2. The van der Waals surface area contributed by atoms with Gasteiger partial charge in [-0.05, 0) is 18.2 Å². The van der Waals surface area contributed by atoms with Gasteiger partial charge in [-0.3, -0.25) is 30.4 Å². The van der Waals surface area contributed by atoms with E-state index in [0.29, 0.717) is 5.70 Å². The Morgan fingerprint density at radius 1 is 1.06 bits per heavy atom. The van der Waals surface area contributed by atoms with Gasteiger partial charge in [-0.15, -0.1) is 0 Å². The minimum atomic E-state index is -4.73. The zero-order valence-corrected chi connectivity index (χ0v) is 17.4. The number of rotatable bonds is 6. The van der Waals surface area contributed by atoms with E-state index >= 15 is 0 Å². The van der Waals surface area contributed by atoms with Crippen LogP contribution in [-0.4, -0.2) is 63.4 Å². The summed E-state index contributed by atoms with van der Waals surface area (Å²) >= 11 is 0. The molecule has 2 amide bonds. The number of benzene rings is 1. The highest BCUT2D eigenvalue weighted by molar-refractivity contribution is 7.86. The van der Waals surface area contributed by atoms with Crippen molar-refractivity contribution in [2.45, 2.75) is 34.7 Å². The monoisotopic (exact) mass is 478 g/mol. The fourth-order valence-corrected chi connectivity index (χ4v) is 4.11. The van der Waals surface area contributed by atoms with E-state index < -0.39 is 48.9 Å². The third kappa shape index (κ3) is 5.87. The van der Waals surface area contributed by atoms with Crippen LogP contribution in [-0.2, 0) is 20.2 Å². The summed E-state index contributed by atoms with van der Waals surface area (Å²) in [5, 5.41) is 19.6. The molecule has 4 unspecified atom stereocenters. The lowest BCUT2D eigenvalue weighted by Crippen LogP contribution is -2.76. The van der Waals surface area contributed by atoms with Gasteiger partial charge in [-0.2, -0.15) is 16.8 Å². The Morgan fingerprint density at radius 2 is 1.74 bits per heavy atom. The average Bonchev–Trinajstić information content (AvgIpc) is 2.62. The van der Waals surface area contributed by atoms with Crippen molar-refractivity contribution in [1.29, 1.82) is 0 Å². The first-order valence-corrected chi connectivity index (χ1v) is 11.6. The number of nitrogens with one attached hydrogen (secondary N) is 7. The Hall–Kier alpha value is -2.35. The zero-order valence-electron chi connectivity index (χ0n) is 15.8. The van der Waals surface area contributed by atoms with Gasteiger partial charge in [-0.25, -0.2) is 4.79 Å². The lowest BCUT2D eigenvalue weighted by molar-refractivity contribution is 0.177. The van der Waals surface area contributed by atoms with Crippen LogP contribution in [0.3, 0.4) is 0 Å². The highest BCUT2D eigenvalue weighted by Crippen LogP contribution is 2.25. The minimum Gasteiger partial charge on any atom is -0.356 e. The van der Waals surface area contributed by atoms with Crippen LogP contribution in [0.15, 0.2) is 40.3 Å². The fourth-order valence-electron chi connectivity index (χ4n) is 2.97. The van der Waals surface area contributed by atoms with Crippen LogP contribution in [0, 0.1) is 0 Å². The van der Waals surface area contributed by atoms with E-state index in [1.165, 1.54) is 0 Å². The SMILES string of the molecule is C=C1NC(=O)NCC1NC1NC(N)NC(Nc2cc(S(=O)(=O)O)ccc2S(=O)(=O)O)N1. The maximum absolute atomic E-state index is 11.7. The van der Waals surface area contributed by atoms with Gasteiger partial charge in [-0.1, -0.05) is 6.58 Å². The Labute approximate surface area is 177 Å². The molecular weight excluding hydrogens is 456 g/mol. The molecule has 31 heavy (non-hydrogen) atoms. The summed E-state index contributed by atoms with van der Waals surface area (Å²) < 4.78 is 64.9. The molecule has 15 nitrogen and oxygen atoms in total. The van der Waals surface area contributed by atoms with E-state index in [1.54, 1.807) is 0 Å². The average molecular weight is 479 g/mol. The molecule has 0 aliphatic carbocycles. The summed E-state index contributed by atoms with van der Waals surface area (Å²) in [6.07, 6.45) is -2.41. The smallest absolute Gasteiger partial charge is 0.319 e. The van der Waals surface area contributed by atoms with Crippen molar-refractivity contribution in [2.24, 2.45) is 5.73 Å². The number of nitrogens with two attached hydrogens (primary N) is 1. The Morgan fingerprint density at radius 3 is 2.35 bits per heavy atom. The molecule has 2 saturated heterocycles. The molecule has 2 fully saturated rings. The van der Waals surface area contributed by atoms with Gasteiger partial charge < -0.3 is 21.7 Å². The number of anilines is 1. The number of carbonyl (C=O) groups excluding carboxylic acids is 1. The van der Waals surface area contributed by atoms with E-state index in [-0.39, 0.29) is 24.3 Å². The van der Waals surface area contributed by atoms with Gasteiger partial charge in [0.05, 0.1) is 16.6 Å². The zero-order chi connectivity index (χ0) is 23.0. The molecule has 4 atom stereocenters. The largest absolute Gasteiger partial charge is 0.356 e. The van der Waals surface area contributed by atoms with Crippen molar-refractivity contribution in [3.8, 4) is 0 Å². The van der Waals surface area contributed by atoms with Crippen molar-refractivity contribution in [3.63, 3.8) is 0 Å².